The molecule has 0 aliphatic heterocycles. The molecule has 1 heterocycles. The number of anilines is 1. The van der Waals surface area contributed by atoms with Crippen LogP contribution in [0, 0.1) is 0 Å². The second-order valence-corrected chi connectivity index (χ2v) is 5.02. The predicted octanol–water partition coefficient (Wildman–Crippen LogP) is 3.62. The molecule has 0 atom stereocenters. The smallest absolute Gasteiger partial charge is 0.389 e. The summed E-state index contributed by atoms with van der Waals surface area (Å²) in [5.74, 6) is 0.471. The Morgan fingerprint density at radius 2 is 2.00 bits per heavy atom. The van der Waals surface area contributed by atoms with Crippen molar-refractivity contribution in [1.82, 2.24) is 4.98 Å². The topological polar surface area (TPSA) is 50.9 Å². The van der Waals surface area contributed by atoms with Gasteiger partial charge in [0.15, 0.2) is 0 Å². The Morgan fingerprint density at radius 1 is 1.29 bits per heavy atom. The molecule has 0 amide bonds. The standard InChI is InChI=1S/C14H14F3N3S/c15-14(16,17)6-3-7-19-12-8-10(13(18)21)9-4-1-2-5-11(9)20-12/h1-2,4-5,8H,3,6-7H2,(H2,18,21)(H,19,20). The van der Waals surface area contributed by atoms with E-state index < -0.39 is 12.6 Å². The van der Waals surface area contributed by atoms with E-state index in [4.69, 9.17) is 18.0 Å². The zero-order chi connectivity index (χ0) is 15.5. The Hall–Kier alpha value is -1.89. The van der Waals surface area contributed by atoms with Gasteiger partial charge >= 0.3 is 6.18 Å². The van der Waals surface area contributed by atoms with Crippen LogP contribution in [-0.2, 0) is 0 Å². The van der Waals surface area contributed by atoms with Crippen LogP contribution in [0.4, 0.5) is 19.0 Å². The van der Waals surface area contributed by atoms with Crippen molar-refractivity contribution >= 4 is 33.9 Å². The first-order valence-electron chi connectivity index (χ1n) is 6.37. The average molecular weight is 313 g/mol. The van der Waals surface area contributed by atoms with Crippen molar-refractivity contribution < 1.29 is 13.2 Å². The third-order valence-corrected chi connectivity index (χ3v) is 3.14. The van der Waals surface area contributed by atoms with E-state index in [-0.39, 0.29) is 18.0 Å². The number of nitrogens with two attached hydrogens (primary N) is 1. The molecule has 2 rings (SSSR count). The lowest BCUT2D eigenvalue weighted by Crippen LogP contribution is -2.13. The first-order chi connectivity index (χ1) is 9.87. The van der Waals surface area contributed by atoms with Crippen LogP contribution in [-0.4, -0.2) is 22.7 Å². The second kappa shape index (κ2) is 6.26. The Balaban J connectivity index is 2.15. The zero-order valence-corrected chi connectivity index (χ0v) is 11.9. The van der Waals surface area contributed by atoms with Gasteiger partial charge in [0.25, 0.3) is 0 Å². The summed E-state index contributed by atoms with van der Waals surface area (Å²) in [5.41, 5.74) is 7.04. The molecule has 3 N–H and O–H groups in total. The van der Waals surface area contributed by atoms with Gasteiger partial charge < -0.3 is 11.1 Å². The molecule has 1 aromatic heterocycles. The summed E-state index contributed by atoms with van der Waals surface area (Å²) in [4.78, 5) is 4.57. The van der Waals surface area contributed by atoms with E-state index >= 15 is 0 Å². The van der Waals surface area contributed by atoms with E-state index in [1.807, 2.05) is 18.2 Å². The summed E-state index contributed by atoms with van der Waals surface area (Å²) in [6, 6.07) is 8.99. The van der Waals surface area contributed by atoms with Gasteiger partial charge in [0.2, 0.25) is 0 Å². The quantitative estimate of drug-likeness (QED) is 0.654. The van der Waals surface area contributed by atoms with Gasteiger partial charge in [0, 0.05) is 23.9 Å². The molecule has 0 saturated carbocycles. The fourth-order valence-electron chi connectivity index (χ4n) is 1.98. The highest BCUT2D eigenvalue weighted by molar-refractivity contribution is 7.80. The molecule has 0 radical (unpaired) electrons. The lowest BCUT2D eigenvalue weighted by Gasteiger charge is -2.11. The van der Waals surface area contributed by atoms with E-state index in [0.717, 1.165) is 5.39 Å². The van der Waals surface area contributed by atoms with Crippen LogP contribution >= 0.6 is 12.2 Å². The Kier molecular flexibility index (Phi) is 4.62. The van der Waals surface area contributed by atoms with Gasteiger partial charge in [-0.25, -0.2) is 4.98 Å². The number of rotatable bonds is 5. The molecule has 112 valence electrons. The number of pyridine rings is 1. The molecular formula is C14H14F3N3S. The molecule has 7 heteroatoms. The summed E-state index contributed by atoms with van der Waals surface area (Å²) in [6.45, 7) is 0.182. The van der Waals surface area contributed by atoms with Crippen LogP contribution in [0.5, 0.6) is 0 Å². The summed E-state index contributed by atoms with van der Waals surface area (Å²) in [7, 11) is 0. The van der Waals surface area contributed by atoms with Crippen molar-refractivity contribution in [2.75, 3.05) is 11.9 Å². The summed E-state index contributed by atoms with van der Waals surface area (Å²) in [6.07, 6.45) is -4.97. The van der Waals surface area contributed by atoms with Crippen molar-refractivity contribution in [3.8, 4) is 0 Å². The van der Waals surface area contributed by atoms with Crippen molar-refractivity contribution in [3.05, 3.63) is 35.9 Å². The molecule has 3 nitrogen and oxygen atoms in total. The minimum Gasteiger partial charge on any atom is -0.389 e. The number of nitrogens with one attached hydrogen (secondary N) is 1. The normalized spacial score (nSPS) is 11.6. The van der Waals surface area contributed by atoms with Gasteiger partial charge in [-0.1, -0.05) is 30.4 Å². The summed E-state index contributed by atoms with van der Waals surface area (Å²) >= 11 is 5.01. The molecule has 0 saturated heterocycles. The second-order valence-electron chi connectivity index (χ2n) is 4.58. The molecule has 21 heavy (non-hydrogen) atoms. The van der Waals surface area contributed by atoms with Crippen LogP contribution in [0.3, 0.4) is 0 Å². The zero-order valence-electron chi connectivity index (χ0n) is 11.1. The van der Waals surface area contributed by atoms with Gasteiger partial charge in [-0.3, -0.25) is 0 Å². The van der Waals surface area contributed by atoms with E-state index in [2.05, 4.69) is 10.3 Å². The van der Waals surface area contributed by atoms with Crippen LogP contribution in [0.15, 0.2) is 30.3 Å². The van der Waals surface area contributed by atoms with Crippen molar-refractivity contribution in [2.45, 2.75) is 19.0 Å². The number of fused-ring (bicyclic) bond motifs is 1. The van der Waals surface area contributed by atoms with Gasteiger partial charge in [-0.15, -0.1) is 0 Å². The van der Waals surface area contributed by atoms with Gasteiger partial charge in [-0.05, 0) is 18.6 Å². The van der Waals surface area contributed by atoms with E-state index in [0.29, 0.717) is 16.9 Å². The highest BCUT2D eigenvalue weighted by Crippen LogP contribution is 2.23. The van der Waals surface area contributed by atoms with Crippen LogP contribution in [0.25, 0.3) is 10.9 Å². The average Bonchev–Trinajstić information content (AvgIpc) is 2.41. The Bertz CT molecular complexity index is 655. The van der Waals surface area contributed by atoms with Crippen LogP contribution in [0.2, 0.25) is 0 Å². The molecule has 0 bridgehead atoms. The monoisotopic (exact) mass is 313 g/mol. The molecule has 0 aliphatic rings. The fourth-order valence-corrected chi connectivity index (χ4v) is 2.14. The van der Waals surface area contributed by atoms with E-state index in [1.165, 1.54) is 0 Å². The van der Waals surface area contributed by atoms with E-state index in [9.17, 15) is 13.2 Å². The molecule has 0 aliphatic carbocycles. The molecule has 0 unspecified atom stereocenters. The maximum absolute atomic E-state index is 12.1. The Morgan fingerprint density at radius 3 is 2.67 bits per heavy atom. The molecule has 1 aromatic carbocycles. The lowest BCUT2D eigenvalue weighted by atomic mass is 10.1. The molecule has 2 aromatic rings. The number of benzene rings is 1. The summed E-state index contributed by atoms with van der Waals surface area (Å²) < 4.78 is 36.2. The van der Waals surface area contributed by atoms with Crippen molar-refractivity contribution in [3.63, 3.8) is 0 Å². The predicted molar refractivity (Wildman–Crippen MR) is 81.4 cm³/mol. The molecule has 0 fully saturated rings. The highest BCUT2D eigenvalue weighted by Gasteiger charge is 2.25. The minimum atomic E-state index is -4.14. The van der Waals surface area contributed by atoms with Crippen molar-refractivity contribution in [2.24, 2.45) is 5.73 Å². The number of aromatic nitrogens is 1. The van der Waals surface area contributed by atoms with E-state index in [1.54, 1.807) is 12.1 Å². The third kappa shape index (κ3) is 4.29. The summed E-state index contributed by atoms with van der Waals surface area (Å²) in [5, 5.41) is 3.70. The van der Waals surface area contributed by atoms with Gasteiger partial charge in [0.05, 0.1) is 5.52 Å². The van der Waals surface area contributed by atoms with Crippen molar-refractivity contribution in [1.29, 1.82) is 0 Å². The number of hydrogen-bond donors (Lipinski definition) is 2. The maximum atomic E-state index is 12.1. The molecule has 0 spiro atoms. The fraction of sp³-hybridized carbons (Fsp3) is 0.286. The third-order valence-electron chi connectivity index (χ3n) is 2.92. The maximum Gasteiger partial charge on any atom is 0.389 e. The first kappa shape index (κ1) is 15.5. The highest BCUT2D eigenvalue weighted by atomic mass is 32.1. The van der Waals surface area contributed by atoms with Gasteiger partial charge in [0.1, 0.15) is 10.8 Å². The number of thiocarbonyl (C=S) groups is 1. The van der Waals surface area contributed by atoms with Gasteiger partial charge in [-0.2, -0.15) is 13.2 Å². The van der Waals surface area contributed by atoms with Crippen LogP contribution in [0.1, 0.15) is 18.4 Å². The number of nitrogens with zero attached hydrogens (tertiary/aromatic N) is 1. The minimum absolute atomic E-state index is 0.0135. The SMILES string of the molecule is NC(=S)c1cc(NCCCC(F)(F)F)nc2ccccc12. The number of para-hydroxylation sites is 1. The lowest BCUT2D eigenvalue weighted by molar-refractivity contribution is -0.134. The first-order valence-corrected chi connectivity index (χ1v) is 6.78. The number of hydrogen-bond acceptors (Lipinski definition) is 3. The van der Waals surface area contributed by atoms with Crippen LogP contribution < -0.4 is 11.1 Å². The Labute approximate surface area is 125 Å². The number of alkyl halides is 3. The molecular weight excluding hydrogens is 299 g/mol. The largest absolute Gasteiger partial charge is 0.389 e. The number of halogens is 3.